The van der Waals surface area contributed by atoms with Crippen molar-refractivity contribution in [2.45, 2.75) is 20.4 Å². The first kappa shape index (κ1) is 21.1. The zero-order chi connectivity index (χ0) is 22.1. The Morgan fingerprint density at radius 2 is 1.87 bits per heavy atom. The second-order valence-corrected chi connectivity index (χ2v) is 8.41. The third-order valence-electron chi connectivity index (χ3n) is 5.08. The molecule has 1 N–H and O–H groups in total. The minimum atomic E-state index is -0.694. The van der Waals surface area contributed by atoms with Gasteiger partial charge < -0.3 is 14.6 Å². The number of benzene rings is 2. The third kappa shape index (κ3) is 4.19. The molecule has 6 nitrogen and oxygen atoms in total. The summed E-state index contributed by atoms with van der Waals surface area (Å²) in [5.74, 6) is -0.680. The Kier molecular flexibility index (Phi) is 5.80. The van der Waals surface area contributed by atoms with E-state index in [1.165, 1.54) is 0 Å². The van der Waals surface area contributed by atoms with Crippen LogP contribution in [-0.4, -0.2) is 27.7 Å². The SMILES string of the molecule is COc1ccc2c(c1)c(C(=O)C(=O)Nc1cc(C)ns1)c(C)n2Cc1ccc(Cl)cc1. The maximum atomic E-state index is 13.2. The molecule has 1 amide bonds. The van der Waals surface area contributed by atoms with Crippen LogP contribution >= 0.6 is 23.1 Å². The summed E-state index contributed by atoms with van der Waals surface area (Å²) in [6.45, 7) is 4.21. The number of halogens is 1. The number of anilines is 1. The molecule has 2 aromatic heterocycles. The van der Waals surface area contributed by atoms with Gasteiger partial charge in [0.05, 0.1) is 18.4 Å². The lowest BCUT2D eigenvalue weighted by Gasteiger charge is -2.09. The van der Waals surface area contributed by atoms with Gasteiger partial charge in [-0.1, -0.05) is 23.7 Å². The summed E-state index contributed by atoms with van der Waals surface area (Å²) < 4.78 is 11.5. The highest BCUT2D eigenvalue weighted by Crippen LogP contribution is 2.31. The number of ketones is 1. The molecular weight excluding hydrogens is 434 g/mol. The van der Waals surface area contributed by atoms with E-state index < -0.39 is 11.7 Å². The van der Waals surface area contributed by atoms with Crippen molar-refractivity contribution >= 4 is 50.7 Å². The Balaban J connectivity index is 1.77. The van der Waals surface area contributed by atoms with Crippen molar-refractivity contribution in [3.05, 3.63) is 76.1 Å². The number of nitrogens with one attached hydrogen (secondary N) is 1. The first-order chi connectivity index (χ1) is 14.9. The molecule has 0 radical (unpaired) electrons. The number of aromatic nitrogens is 2. The van der Waals surface area contributed by atoms with E-state index in [0.29, 0.717) is 39.0 Å². The van der Waals surface area contributed by atoms with Gasteiger partial charge in [0.2, 0.25) is 0 Å². The molecule has 4 rings (SSSR count). The van der Waals surface area contributed by atoms with Gasteiger partial charge in [0.25, 0.3) is 11.7 Å². The lowest BCUT2D eigenvalue weighted by Crippen LogP contribution is -2.23. The zero-order valence-corrected chi connectivity index (χ0v) is 18.8. The van der Waals surface area contributed by atoms with E-state index in [1.54, 1.807) is 19.2 Å². The number of amides is 1. The van der Waals surface area contributed by atoms with Crippen molar-refractivity contribution in [1.29, 1.82) is 0 Å². The minimum Gasteiger partial charge on any atom is -0.497 e. The number of aryl methyl sites for hydroxylation is 1. The summed E-state index contributed by atoms with van der Waals surface area (Å²) >= 11 is 7.15. The zero-order valence-electron chi connectivity index (χ0n) is 17.2. The van der Waals surface area contributed by atoms with Crippen molar-refractivity contribution in [3.63, 3.8) is 0 Å². The Morgan fingerprint density at radius 1 is 1.13 bits per heavy atom. The summed E-state index contributed by atoms with van der Waals surface area (Å²) in [5, 5.41) is 4.53. The van der Waals surface area contributed by atoms with Crippen LogP contribution in [0.3, 0.4) is 0 Å². The van der Waals surface area contributed by atoms with Crippen LogP contribution in [0.5, 0.6) is 5.75 Å². The highest BCUT2D eigenvalue weighted by Gasteiger charge is 2.26. The molecule has 0 saturated heterocycles. The van der Waals surface area contributed by atoms with Crippen LogP contribution in [0.15, 0.2) is 48.5 Å². The predicted octanol–water partition coefficient (Wildman–Crippen LogP) is 5.25. The predicted molar refractivity (Wildman–Crippen MR) is 124 cm³/mol. The highest BCUT2D eigenvalue weighted by molar-refractivity contribution is 7.10. The maximum Gasteiger partial charge on any atom is 0.297 e. The van der Waals surface area contributed by atoms with Gasteiger partial charge in [0.1, 0.15) is 10.8 Å². The molecule has 0 fully saturated rings. The van der Waals surface area contributed by atoms with Crippen LogP contribution in [0.2, 0.25) is 5.02 Å². The van der Waals surface area contributed by atoms with Crippen molar-refractivity contribution in [1.82, 2.24) is 8.94 Å². The molecule has 0 aliphatic carbocycles. The molecule has 0 aliphatic rings. The number of Topliss-reactive ketones (excluding diaryl/α,β-unsaturated/α-hetero) is 1. The van der Waals surface area contributed by atoms with Crippen LogP contribution in [0.4, 0.5) is 5.00 Å². The highest BCUT2D eigenvalue weighted by atomic mass is 35.5. The quantitative estimate of drug-likeness (QED) is 0.320. The van der Waals surface area contributed by atoms with Gasteiger partial charge in [-0.2, -0.15) is 4.37 Å². The summed E-state index contributed by atoms with van der Waals surface area (Å²) in [4.78, 5) is 25.9. The van der Waals surface area contributed by atoms with E-state index in [-0.39, 0.29) is 0 Å². The molecule has 158 valence electrons. The Hall–Kier alpha value is -3.16. The monoisotopic (exact) mass is 453 g/mol. The van der Waals surface area contributed by atoms with E-state index in [9.17, 15) is 9.59 Å². The average molecular weight is 454 g/mol. The van der Waals surface area contributed by atoms with Gasteiger partial charge in [-0.3, -0.25) is 9.59 Å². The van der Waals surface area contributed by atoms with Crippen LogP contribution < -0.4 is 10.1 Å². The largest absolute Gasteiger partial charge is 0.497 e. The van der Waals surface area contributed by atoms with Gasteiger partial charge in [0, 0.05) is 28.2 Å². The fourth-order valence-electron chi connectivity index (χ4n) is 3.56. The van der Waals surface area contributed by atoms with Crippen LogP contribution in [0.25, 0.3) is 10.9 Å². The lowest BCUT2D eigenvalue weighted by molar-refractivity contribution is -0.112. The summed E-state index contributed by atoms with van der Waals surface area (Å²) in [5.41, 5.74) is 3.73. The Labute approximate surface area is 188 Å². The molecule has 0 spiro atoms. The first-order valence-electron chi connectivity index (χ1n) is 9.57. The van der Waals surface area contributed by atoms with Crippen molar-refractivity contribution in [2.24, 2.45) is 0 Å². The molecule has 0 aliphatic heterocycles. The number of fused-ring (bicyclic) bond motifs is 1. The average Bonchev–Trinajstić information content (AvgIpc) is 3.29. The van der Waals surface area contributed by atoms with Gasteiger partial charge >= 0.3 is 0 Å². The molecule has 0 saturated carbocycles. The molecular formula is C23H20ClN3O3S. The van der Waals surface area contributed by atoms with E-state index >= 15 is 0 Å². The normalized spacial score (nSPS) is 11.0. The number of nitrogens with zero attached hydrogens (tertiary/aromatic N) is 2. The van der Waals surface area contributed by atoms with Crippen molar-refractivity contribution < 1.29 is 14.3 Å². The summed E-state index contributed by atoms with van der Waals surface area (Å²) in [7, 11) is 1.57. The third-order valence-corrected chi connectivity index (χ3v) is 6.13. The van der Waals surface area contributed by atoms with Gasteiger partial charge in [-0.05, 0) is 67.3 Å². The topological polar surface area (TPSA) is 73.2 Å². The minimum absolute atomic E-state index is 0.363. The molecule has 0 atom stereocenters. The number of rotatable bonds is 6. The van der Waals surface area contributed by atoms with Gasteiger partial charge in [-0.15, -0.1) is 0 Å². The van der Waals surface area contributed by atoms with E-state index in [4.69, 9.17) is 16.3 Å². The van der Waals surface area contributed by atoms with Crippen LogP contribution in [-0.2, 0) is 11.3 Å². The van der Waals surface area contributed by atoms with Gasteiger partial charge in [0.15, 0.2) is 0 Å². The van der Waals surface area contributed by atoms with Crippen molar-refractivity contribution in [3.8, 4) is 5.75 Å². The molecule has 0 bridgehead atoms. The number of hydrogen-bond acceptors (Lipinski definition) is 5. The fraction of sp³-hybridized carbons (Fsp3) is 0.174. The molecule has 31 heavy (non-hydrogen) atoms. The van der Waals surface area contributed by atoms with Gasteiger partial charge in [-0.25, -0.2) is 0 Å². The lowest BCUT2D eigenvalue weighted by atomic mass is 10.1. The second kappa shape index (κ2) is 8.53. The Morgan fingerprint density at radius 3 is 2.52 bits per heavy atom. The number of carbonyl (C=O) groups is 2. The van der Waals surface area contributed by atoms with Crippen LogP contribution in [0, 0.1) is 13.8 Å². The summed E-state index contributed by atoms with van der Waals surface area (Å²) in [6.07, 6.45) is 0. The smallest absolute Gasteiger partial charge is 0.297 e. The first-order valence-corrected chi connectivity index (χ1v) is 10.7. The number of hydrogen-bond donors (Lipinski definition) is 1. The fourth-order valence-corrected chi connectivity index (χ4v) is 4.34. The van der Waals surface area contributed by atoms with E-state index in [2.05, 4.69) is 9.69 Å². The number of ether oxygens (including phenoxy) is 1. The van der Waals surface area contributed by atoms with E-state index in [0.717, 1.165) is 28.3 Å². The van der Waals surface area contributed by atoms with Crippen LogP contribution in [0.1, 0.15) is 27.3 Å². The molecule has 4 aromatic rings. The molecule has 8 heteroatoms. The molecule has 2 aromatic carbocycles. The number of methoxy groups -OCH3 is 1. The molecule has 2 heterocycles. The van der Waals surface area contributed by atoms with Crippen molar-refractivity contribution in [2.75, 3.05) is 12.4 Å². The Bertz CT molecular complexity index is 1290. The number of carbonyl (C=O) groups excluding carboxylic acids is 2. The second-order valence-electron chi connectivity index (χ2n) is 7.17. The van der Waals surface area contributed by atoms with E-state index in [1.807, 2.05) is 54.8 Å². The standard InChI is InChI=1S/C23H20ClN3O3S/c1-13-10-20(31-26-13)25-23(29)22(28)21-14(2)27(12-15-4-6-16(24)7-5-15)19-9-8-17(30-3)11-18(19)21/h4-11H,12H2,1-3H3,(H,25,29). The maximum absolute atomic E-state index is 13.2. The molecule has 0 unspecified atom stereocenters. The summed E-state index contributed by atoms with van der Waals surface area (Å²) in [6, 6.07) is 14.8.